The lowest BCUT2D eigenvalue weighted by Gasteiger charge is -2.30. The number of anilines is 1. The number of hydrogen-bond donors (Lipinski definition) is 1. The summed E-state index contributed by atoms with van der Waals surface area (Å²) in [6.45, 7) is 2.13. The van der Waals surface area contributed by atoms with Gasteiger partial charge in [0.05, 0.1) is 18.6 Å². The third-order valence-electron chi connectivity index (χ3n) is 4.68. The molecule has 132 valence electrons. The molecule has 25 heavy (non-hydrogen) atoms. The number of benzene rings is 1. The number of amides is 2. The van der Waals surface area contributed by atoms with Gasteiger partial charge >= 0.3 is 0 Å². The van der Waals surface area contributed by atoms with Crippen LogP contribution >= 0.6 is 0 Å². The maximum Gasteiger partial charge on any atom is 0.251 e. The van der Waals surface area contributed by atoms with Crippen molar-refractivity contribution >= 4 is 17.5 Å². The minimum absolute atomic E-state index is 0.157. The summed E-state index contributed by atoms with van der Waals surface area (Å²) in [5.41, 5.74) is 2.86. The highest BCUT2D eigenvalue weighted by molar-refractivity contribution is 6.00. The number of nitrogens with zero attached hydrogens (tertiary/aromatic N) is 4. The minimum atomic E-state index is -0.659. The molecule has 2 N–H and O–H groups in total. The normalized spacial score (nSPS) is 17.2. The Kier molecular flexibility index (Phi) is 4.85. The highest BCUT2D eigenvalue weighted by Crippen LogP contribution is 2.29. The van der Waals surface area contributed by atoms with E-state index in [-0.39, 0.29) is 18.2 Å². The van der Waals surface area contributed by atoms with E-state index in [1.165, 1.54) is 0 Å². The fourth-order valence-corrected chi connectivity index (χ4v) is 3.18. The highest BCUT2D eigenvalue weighted by atomic mass is 16.2. The van der Waals surface area contributed by atoms with Crippen LogP contribution in [0.15, 0.2) is 36.8 Å². The zero-order valence-electron chi connectivity index (χ0n) is 14.6. The molecule has 0 spiro atoms. The molecule has 0 radical (unpaired) electrons. The lowest BCUT2D eigenvalue weighted by Crippen LogP contribution is -2.53. The second-order valence-corrected chi connectivity index (χ2v) is 6.26. The summed E-state index contributed by atoms with van der Waals surface area (Å²) in [7, 11) is 1.89. The van der Waals surface area contributed by atoms with Gasteiger partial charge in [-0.2, -0.15) is 0 Å². The van der Waals surface area contributed by atoms with Gasteiger partial charge in [0.2, 0.25) is 5.91 Å². The fraction of sp³-hybridized carbons (Fsp3) is 0.389. The van der Waals surface area contributed by atoms with E-state index in [2.05, 4.69) is 4.98 Å². The van der Waals surface area contributed by atoms with Crippen LogP contribution in [0.3, 0.4) is 0 Å². The molecule has 3 rings (SSSR count). The van der Waals surface area contributed by atoms with Crippen LogP contribution in [0, 0.1) is 0 Å². The van der Waals surface area contributed by atoms with E-state index in [1.807, 2.05) is 35.9 Å². The van der Waals surface area contributed by atoms with Crippen LogP contribution in [-0.4, -0.2) is 32.4 Å². The van der Waals surface area contributed by atoms with E-state index >= 15 is 0 Å². The predicted octanol–water partition coefficient (Wildman–Crippen LogP) is 1.38. The molecule has 2 amide bonds. The Morgan fingerprint density at radius 2 is 2.16 bits per heavy atom. The number of imidazole rings is 1. The molecule has 1 aromatic heterocycles. The first-order chi connectivity index (χ1) is 12.0. The van der Waals surface area contributed by atoms with E-state index in [1.54, 1.807) is 24.3 Å². The molecule has 2 aromatic rings. The van der Waals surface area contributed by atoms with Gasteiger partial charge in [-0.05, 0) is 24.5 Å². The van der Waals surface area contributed by atoms with Crippen LogP contribution in [0.1, 0.15) is 31.0 Å². The SMILES string of the molecule is CCC(=O)N(N)[C@H]1CCc2ccccc2N(Cc2cncn2C)C1=O. The summed E-state index contributed by atoms with van der Waals surface area (Å²) >= 11 is 0. The Hall–Kier alpha value is -2.67. The van der Waals surface area contributed by atoms with Crippen molar-refractivity contribution in [1.82, 2.24) is 14.6 Å². The number of nitrogens with two attached hydrogens (primary N) is 1. The Morgan fingerprint density at radius 3 is 2.84 bits per heavy atom. The molecule has 0 saturated carbocycles. The summed E-state index contributed by atoms with van der Waals surface area (Å²) in [5, 5.41) is 1.10. The first-order valence-corrected chi connectivity index (χ1v) is 8.44. The van der Waals surface area contributed by atoms with E-state index < -0.39 is 6.04 Å². The minimum Gasteiger partial charge on any atom is -0.336 e. The zero-order valence-corrected chi connectivity index (χ0v) is 14.6. The Balaban J connectivity index is 1.99. The predicted molar refractivity (Wildman–Crippen MR) is 94.3 cm³/mol. The maximum absolute atomic E-state index is 13.2. The molecule has 1 atom stereocenters. The van der Waals surface area contributed by atoms with Gasteiger partial charge in [-0.3, -0.25) is 14.6 Å². The van der Waals surface area contributed by atoms with Crippen LogP contribution in [-0.2, 0) is 29.6 Å². The van der Waals surface area contributed by atoms with Gasteiger partial charge in [0.15, 0.2) is 0 Å². The van der Waals surface area contributed by atoms with Gasteiger partial charge in [-0.25, -0.2) is 10.8 Å². The smallest absolute Gasteiger partial charge is 0.251 e. The number of hydrazine groups is 1. The quantitative estimate of drug-likeness (QED) is 0.517. The van der Waals surface area contributed by atoms with E-state index in [0.717, 1.165) is 22.0 Å². The molecule has 7 heteroatoms. The van der Waals surface area contributed by atoms with Crippen LogP contribution < -0.4 is 10.7 Å². The standard InChI is InChI=1S/C18H23N5O2/c1-3-17(24)23(19)16-9-8-13-6-4-5-7-15(13)22(18(16)25)11-14-10-20-12-21(14)2/h4-7,10,12,16H,3,8-9,11,19H2,1-2H3/t16-/m0/s1. The van der Waals surface area contributed by atoms with Crippen molar-refractivity contribution in [3.05, 3.63) is 48.0 Å². The lowest BCUT2D eigenvalue weighted by atomic mass is 10.1. The van der Waals surface area contributed by atoms with Gasteiger partial charge in [-0.15, -0.1) is 0 Å². The topological polar surface area (TPSA) is 84.5 Å². The van der Waals surface area contributed by atoms with Crippen LogP contribution in [0.2, 0.25) is 0 Å². The van der Waals surface area contributed by atoms with Gasteiger partial charge in [0.25, 0.3) is 5.91 Å². The molecule has 1 aliphatic heterocycles. The molecular formula is C18H23N5O2. The van der Waals surface area contributed by atoms with Crippen LogP contribution in [0.4, 0.5) is 5.69 Å². The van der Waals surface area contributed by atoms with Gasteiger partial charge in [-0.1, -0.05) is 25.1 Å². The lowest BCUT2D eigenvalue weighted by molar-refractivity contribution is -0.139. The van der Waals surface area contributed by atoms with Crippen molar-refractivity contribution in [2.45, 2.75) is 38.8 Å². The molecule has 0 aliphatic carbocycles. The van der Waals surface area contributed by atoms with Gasteiger partial charge < -0.3 is 9.47 Å². The van der Waals surface area contributed by atoms with Crippen molar-refractivity contribution in [3.63, 3.8) is 0 Å². The van der Waals surface area contributed by atoms with E-state index in [0.29, 0.717) is 19.4 Å². The Bertz CT molecular complexity index is 785. The molecule has 1 aromatic carbocycles. The van der Waals surface area contributed by atoms with Gasteiger partial charge in [0.1, 0.15) is 6.04 Å². The number of carbonyl (C=O) groups excluding carboxylic acids is 2. The Morgan fingerprint density at radius 1 is 1.40 bits per heavy atom. The molecule has 0 unspecified atom stereocenters. The number of hydrogen-bond acceptors (Lipinski definition) is 4. The molecule has 0 saturated heterocycles. The second-order valence-electron chi connectivity index (χ2n) is 6.26. The van der Waals surface area contributed by atoms with Crippen molar-refractivity contribution in [2.75, 3.05) is 4.90 Å². The van der Waals surface area contributed by atoms with Crippen molar-refractivity contribution in [1.29, 1.82) is 0 Å². The highest BCUT2D eigenvalue weighted by Gasteiger charge is 2.35. The first kappa shape index (κ1) is 17.2. The van der Waals surface area contributed by atoms with E-state index in [9.17, 15) is 9.59 Å². The van der Waals surface area contributed by atoms with E-state index in [4.69, 9.17) is 5.84 Å². The van der Waals surface area contributed by atoms with Crippen molar-refractivity contribution in [3.8, 4) is 0 Å². The number of para-hydroxylation sites is 1. The number of carbonyl (C=O) groups is 2. The van der Waals surface area contributed by atoms with Crippen LogP contribution in [0.5, 0.6) is 0 Å². The number of aryl methyl sites for hydroxylation is 2. The summed E-state index contributed by atoms with van der Waals surface area (Å²) in [6.07, 6.45) is 4.93. The fourth-order valence-electron chi connectivity index (χ4n) is 3.18. The summed E-state index contributed by atoms with van der Waals surface area (Å²) in [4.78, 5) is 31.1. The van der Waals surface area contributed by atoms with Gasteiger partial charge in [0, 0.05) is 25.4 Å². The van der Waals surface area contributed by atoms with Crippen molar-refractivity contribution < 1.29 is 9.59 Å². The summed E-state index contributed by atoms with van der Waals surface area (Å²) in [5.74, 6) is 5.59. The zero-order chi connectivity index (χ0) is 18.0. The van der Waals surface area contributed by atoms with Crippen molar-refractivity contribution in [2.24, 2.45) is 12.9 Å². The monoisotopic (exact) mass is 341 g/mol. The number of rotatable bonds is 4. The first-order valence-electron chi connectivity index (χ1n) is 8.44. The molecule has 0 fully saturated rings. The molecular weight excluding hydrogens is 318 g/mol. The summed E-state index contributed by atoms with van der Waals surface area (Å²) in [6, 6.07) is 7.18. The number of fused-ring (bicyclic) bond motifs is 1. The molecule has 7 nitrogen and oxygen atoms in total. The third-order valence-corrected chi connectivity index (χ3v) is 4.68. The average Bonchev–Trinajstić information content (AvgIpc) is 2.97. The average molecular weight is 341 g/mol. The molecule has 2 heterocycles. The Labute approximate surface area is 147 Å². The maximum atomic E-state index is 13.2. The molecule has 1 aliphatic rings. The largest absolute Gasteiger partial charge is 0.336 e. The summed E-state index contributed by atoms with van der Waals surface area (Å²) < 4.78 is 1.88. The second kappa shape index (κ2) is 7.06. The number of aromatic nitrogens is 2. The molecule has 0 bridgehead atoms. The van der Waals surface area contributed by atoms with Crippen LogP contribution in [0.25, 0.3) is 0 Å². The third kappa shape index (κ3) is 3.28.